The minimum atomic E-state index is -0.955. The summed E-state index contributed by atoms with van der Waals surface area (Å²) < 4.78 is 5.65. The van der Waals surface area contributed by atoms with Gasteiger partial charge in [-0.25, -0.2) is 4.79 Å². The predicted octanol–water partition coefficient (Wildman–Crippen LogP) is 1.58. The van der Waals surface area contributed by atoms with Crippen LogP contribution in [0, 0.1) is 0 Å². The molecule has 0 amide bonds. The van der Waals surface area contributed by atoms with Crippen LogP contribution in [0.15, 0.2) is 18.2 Å². The van der Waals surface area contributed by atoms with Gasteiger partial charge < -0.3 is 20.5 Å². The normalized spacial score (nSPS) is 24.0. The van der Waals surface area contributed by atoms with E-state index in [1.807, 2.05) is 18.7 Å². The molecule has 1 saturated heterocycles. The summed E-state index contributed by atoms with van der Waals surface area (Å²) in [6, 6.07) is 5.00. The summed E-state index contributed by atoms with van der Waals surface area (Å²) in [6.07, 6.45) is 0.181. The highest BCUT2D eigenvalue weighted by molar-refractivity contribution is 5.95. The zero-order chi connectivity index (χ0) is 13.3. The second-order valence-electron chi connectivity index (χ2n) is 4.74. The van der Waals surface area contributed by atoms with Crippen LogP contribution in [-0.2, 0) is 4.74 Å². The number of carboxylic acids is 1. The molecule has 0 saturated carbocycles. The number of rotatable bonds is 2. The molecule has 1 aromatic carbocycles. The van der Waals surface area contributed by atoms with E-state index in [1.54, 1.807) is 12.1 Å². The number of ether oxygens (including phenoxy) is 1. The summed E-state index contributed by atoms with van der Waals surface area (Å²) in [4.78, 5) is 13.3. The third kappa shape index (κ3) is 2.56. The molecule has 2 atom stereocenters. The van der Waals surface area contributed by atoms with Crippen molar-refractivity contribution >= 4 is 17.3 Å². The Bertz CT molecular complexity index is 452. The first-order chi connectivity index (χ1) is 8.47. The number of aromatic carboxylic acids is 1. The van der Waals surface area contributed by atoms with Crippen LogP contribution in [0.4, 0.5) is 11.4 Å². The van der Waals surface area contributed by atoms with Crippen molar-refractivity contribution in [2.75, 3.05) is 23.7 Å². The van der Waals surface area contributed by atoms with Crippen LogP contribution < -0.4 is 10.6 Å². The number of nitrogens with two attached hydrogens (primary N) is 1. The highest BCUT2D eigenvalue weighted by Gasteiger charge is 2.25. The van der Waals surface area contributed by atoms with E-state index in [2.05, 4.69) is 0 Å². The Morgan fingerprint density at radius 1 is 1.39 bits per heavy atom. The van der Waals surface area contributed by atoms with Crippen LogP contribution in [0.25, 0.3) is 0 Å². The molecule has 0 bridgehead atoms. The Balaban J connectivity index is 2.35. The van der Waals surface area contributed by atoms with Gasteiger partial charge in [0.15, 0.2) is 0 Å². The van der Waals surface area contributed by atoms with Crippen molar-refractivity contribution in [1.29, 1.82) is 0 Å². The maximum Gasteiger partial charge on any atom is 0.337 e. The maximum absolute atomic E-state index is 11.3. The zero-order valence-corrected chi connectivity index (χ0v) is 10.6. The second-order valence-corrected chi connectivity index (χ2v) is 4.74. The SMILES string of the molecule is C[C@@H]1CN(c2ccc(N)cc2C(=O)O)C[C@@H](C)O1. The fourth-order valence-electron chi connectivity index (χ4n) is 2.38. The standard InChI is InChI=1S/C13H18N2O3/c1-8-6-15(7-9(2)18-8)12-4-3-10(14)5-11(12)13(16)17/h3-5,8-9H,6-7,14H2,1-2H3,(H,16,17)/t8-,9-/m1/s1. The molecule has 0 aliphatic carbocycles. The van der Waals surface area contributed by atoms with Crippen LogP contribution in [0.2, 0.25) is 0 Å². The molecule has 1 aliphatic heterocycles. The number of benzene rings is 1. The van der Waals surface area contributed by atoms with Crippen molar-refractivity contribution in [3.8, 4) is 0 Å². The van der Waals surface area contributed by atoms with Crippen LogP contribution in [0.3, 0.4) is 0 Å². The molecule has 0 unspecified atom stereocenters. The molecule has 1 aliphatic rings. The monoisotopic (exact) mass is 250 g/mol. The number of nitrogens with zero attached hydrogens (tertiary/aromatic N) is 1. The summed E-state index contributed by atoms with van der Waals surface area (Å²) in [5, 5.41) is 9.24. The van der Waals surface area contributed by atoms with E-state index in [0.29, 0.717) is 24.5 Å². The van der Waals surface area contributed by atoms with Gasteiger partial charge in [0.05, 0.1) is 23.5 Å². The summed E-state index contributed by atoms with van der Waals surface area (Å²) >= 11 is 0. The van der Waals surface area contributed by atoms with Gasteiger partial charge in [0, 0.05) is 18.8 Å². The van der Waals surface area contributed by atoms with E-state index < -0.39 is 5.97 Å². The number of nitrogen functional groups attached to an aromatic ring is 1. The van der Waals surface area contributed by atoms with Gasteiger partial charge in [-0.05, 0) is 32.0 Å². The highest BCUT2D eigenvalue weighted by atomic mass is 16.5. The van der Waals surface area contributed by atoms with Crippen molar-refractivity contribution in [1.82, 2.24) is 0 Å². The van der Waals surface area contributed by atoms with E-state index in [9.17, 15) is 9.90 Å². The molecule has 0 radical (unpaired) electrons. The van der Waals surface area contributed by atoms with E-state index in [-0.39, 0.29) is 17.8 Å². The minimum absolute atomic E-state index is 0.0907. The zero-order valence-electron chi connectivity index (χ0n) is 10.6. The Labute approximate surface area is 106 Å². The largest absolute Gasteiger partial charge is 0.478 e. The third-order valence-corrected chi connectivity index (χ3v) is 3.01. The molecule has 18 heavy (non-hydrogen) atoms. The summed E-state index contributed by atoms with van der Waals surface area (Å²) in [6.45, 7) is 5.35. The summed E-state index contributed by atoms with van der Waals surface area (Å²) in [5.74, 6) is -0.955. The lowest BCUT2D eigenvalue weighted by Gasteiger charge is -2.37. The average molecular weight is 250 g/mol. The number of anilines is 2. The molecule has 98 valence electrons. The Morgan fingerprint density at radius 3 is 2.56 bits per heavy atom. The van der Waals surface area contributed by atoms with Crippen LogP contribution in [0.1, 0.15) is 24.2 Å². The fraction of sp³-hybridized carbons (Fsp3) is 0.462. The molecule has 0 spiro atoms. The topological polar surface area (TPSA) is 75.8 Å². The lowest BCUT2D eigenvalue weighted by atomic mass is 10.1. The van der Waals surface area contributed by atoms with Gasteiger partial charge in [0.2, 0.25) is 0 Å². The van der Waals surface area contributed by atoms with Crippen molar-refractivity contribution < 1.29 is 14.6 Å². The van der Waals surface area contributed by atoms with Crippen molar-refractivity contribution in [2.45, 2.75) is 26.1 Å². The van der Waals surface area contributed by atoms with Crippen LogP contribution in [-0.4, -0.2) is 36.4 Å². The minimum Gasteiger partial charge on any atom is -0.478 e. The number of hydrogen-bond donors (Lipinski definition) is 2. The molecule has 1 fully saturated rings. The highest BCUT2D eigenvalue weighted by Crippen LogP contribution is 2.26. The molecule has 1 heterocycles. The van der Waals surface area contributed by atoms with Gasteiger partial charge in [-0.2, -0.15) is 0 Å². The number of carbonyl (C=O) groups is 1. The van der Waals surface area contributed by atoms with E-state index >= 15 is 0 Å². The summed E-state index contributed by atoms with van der Waals surface area (Å²) in [5.41, 5.74) is 7.06. The predicted molar refractivity (Wildman–Crippen MR) is 70.0 cm³/mol. The lowest BCUT2D eigenvalue weighted by molar-refractivity contribution is -0.00531. The van der Waals surface area contributed by atoms with Crippen LogP contribution >= 0.6 is 0 Å². The van der Waals surface area contributed by atoms with Gasteiger partial charge in [-0.3, -0.25) is 0 Å². The van der Waals surface area contributed by atoms with Gasteiger partial charge in [-0.1, -0.05) is 0 Å². The molecule has 3 N–H and O–H groups in total. The number of carboxylic acid groups (broad SMARTS) is 1. The molecule has 2 rings (SSSR count). The molecular formula is C13H18N2O3. The van der Waals surface area contributed by atoms with Gasteiger partial charge in [0.25, 0.3) is 0 Å². The second kappa shape index (κ2) is 4.86. The fourth-order valence-corrected chi connectivity index (χ4v) is 2.38. The Kier molecular flexibility index (Phi) is 3.43. The lowest BCUT2D eigenvalue weighted by Crippen LogP contribution is -2.46. The Morgan fingerprint density at radius 2 is 2.00 bits per heavy atom. The molecule has 5 heteroatoms. The first-order valence-electron chi connectivity index (χ1n) is 6.00. The first-order valence-corrected chi connectivity index (χ1v) is 6.00. The number of hydrogen-bond acceptors (Lipinski definition) is 4. The van der Waals surface area contributed by atoms with E-state index in [1.165, 1.54) is 6.07 Å². The van der Waals surface area contributed by atoms with Gasteiger partial charge in [0.1, 0.15) is 0 Å². The summed E-state index contributed by atoms with van der Waals surface area (Å²) in [7, 11) is 0. The van der Waals surface area contributed by atoms with Crippen LogP contribution in [0.5, 0.6) is 0 Å². The van der Waals surface area contributed by atoms with E-state index in [0.717, 1.165) is 0 Å². The van der Waals surface area contributed by atoms with Gasteiger partial charge in [-0.15, -0.1) is 0 Å². The molecule has 1 aromatic rings. The third-order valence-electron chi connectivity index (χ3n) is 3.01. The van der Waals surface area contributed by atoms with Crippen molar-refractivity contribution in [3.05, 3.63) is 23.8 Å². The maximum atomic E-state index is 11.3. The molecule has 0 aromatic heterocycles. The average Bonchev–Trinajstić information content (AvgIpc) is 2.27. The molecule has 5 nitrogen and oxygen atoms in total. The number of morpholine rings is 1. The van der Waals surface area contributed by atoms with Crippen molar-refractivity contribution in [2.24, 2.45) is 0 Å². The van der Waals surface area contributed by atoms with Gasteiger partial charge >= 0.3 is 5.97 Å². The first kappa shape index (κ1) is 12.7. The van der Waals surface area contributed by atoms with Crippen molar-refractivity contribution in [3.63, 3.8) is 0 Å². The molecular weight excluding hydrogens is 232 g/mol. The smallest absolute Gasteiger partial charge is 0.337 e. The quantitative estimate of drug-likeness (QED) is 0.779. The van der Waals surface area contributed by atoms with E-state index in [4.69, 9.17) is 10.5 Å². The Hall–Kier alpha value is -1.75.